The van der Waals surface area contributed by atoms with Crippen LogP contribution in [-0.4, -0.2) is 47.0 Å². The lowest BCUT2D eigenvalue weighted by atomic mass is 9.90. The summed E-state index contributed by atoms with van der Waals surface area (Å²) in [5.74, 6) is 1.72. The van der Waals surface area contributed by atoms with Crippen LogP contribution in [0.4, 0.5) is 5.95 Å². The molecule has 1 atom stereocenters. The molecule has 24 heavy (non-hydrogen) atoms. The van der Waals surface area contributed by atoms with Gasteiger partial charge >= 0.3 is 0 Å². The van der Waals surface area contributed by atoms with Crippen LogP contribution in [0.5, 0.6) is 0 Å². The zero-order chi connectivity index (χ0) is 16.1. The van der Waals surface area contributed by atoms with Crippen LogP contribution < -0.4 is 4.90 Å². The van der Waals surface area contributed by atoms with Crippen molar-refractivity contribution < 1.29 is 4.79 Å². The Bertz CT molecular complexity index is 736. The number of amides is 1. The number of H-pyrrole nitrogens is 1. The maximum absolute atomic E-state index is 12.6. The van der Waals surface area contributed by atoms with E-state index < -0.39 is 0 Å². The number of nitrogens with one attached hydrogen (secondary N) is 1. The van der Waals surface area contributed by atoms with Gasteiger partial charge in [-0.15, -0.1) is 0 Å². The molecule has 5 rings (SSSR count). The maximum atomic E-state index is 12.6. The van der Waals surface area contributed by atoms with E-state index >= 15 is 0 Å². The molecule has 1 amide bonds. The summed E-state index contributed by atoms with van der Waals surface area (Å²) < 4.78 is 0. The fourth-order valence-electron chi connectivity index (χ4n) is 4.66. The zero-order valence-electron chi connectivity index (χ0n) is 14.0. The lowest BCUT2D eigenvalue weighted by molar-refractivity contribution is -0.132. The van der Waals surface area contributed by atoms with E-state index in [9.17, 15) is 4.79 Å². The van der Waals surface area contributed by atoms with Gasteiger partial charge in [0, 0.05) is 32.1 Å². The Morgan fingerprint density at radius 2 is 1.88 bits per heavy atom. The summed E-state index contributed by atoms with van der Waals surface area (Å²) in [6.45, 7) is 3.97. The monoisotopic (exact) mass is 324 g/mol. The van der Waals surface area contributed by atoms with Gasteiger partial charge in [-0.3, -0.25) is 4.79 Å². The van der Waals surface area contributed by atoms with Gasteiger partial charge in [0.05, 0.1) is 11.0 Å². The Morgan fingerprint density at radius 1 is 1.12 bits per heavy atom. The van der Waals surface area contributed by atoms with Crippen molar-refractivity contribution in [2.45, 2.75) is 32.1 Å². The minimum absolute atomic E-state index is 0.294. The highest BCUT2D eigenvalue weighted by Crippen LogP contribution is 2.60. The quantitative estimate of drug-likeness (QED) is 0.924. The van der Waals surface area contributed by atoms with Crippen molar-refractivity contribution >= 4 is 22.9 Å². The highest BCUT2D eigenvalue weighted by molar-refractivity contribution is 5.83. The highest BCUT2D eigenvalue weighted by Gasteiger charge is 2.59. The predicted molar refractivity (Wildman–Crippen MR) is 93.9 cm³/mol. The maximum Gasteiger partial charge on any atom is 0.226 e. The summed E-state index contributed by atoms with van der Waals surface area (Å²) in [6, 6.07) is 8.18. The number of likely N-dealkylation sites (tertiary alicyclic amines) is 1. The molecule has 5 heteroatoms. The number of anilines is 1. The standard InChI is InChI=1S/C19H24N4O/c24-17(22-9-3-4-10-22)14-13-19(14)7-11-23(12-8-19)18-20-15-5-1-2-6-16(15)21-18/h1-2,5-6,14H,3-4,7-13H2,(H,20,21)/t14-/m1/s1. The molecule has 1 spiro atoms. The number of hydrogen-bond donors (Lipinski definition) is 1. The second kappa shape index (κ2) is 5.23. The van der Waals surface area contributed by atoms with Crippen LogP contribution in [0.3, 0.4) is 0 Å². The minimum Gasteiger partial charge on any atom is -0.342 e. The normalized spacial score (nSPS) is 25.6. The van der Waals surface area contributed by atoms with E-state index in [4.69, 9.17) is 4.98 Å². The Balaban J connectivity index is 1.25. The third-order valence-corrected chi connectivity index (χ3v) is 6.34. The first-order valence-electron chi connectivity index (χ1n) is 9.24. The predicted octanol–water partition coefficient (Wildman–Crippen LogP) is 2.79. The first kappa shape index (κ1) is 14.3. The van der Waals surface area contributed by atoms with Gasteiger partial charge in [-0.2, -0.15) is 0 Å². The summed E-state index contributed by atoms with van der Waals surface area (Å²) in [7, 11) is 0. The van der Waals surface area contributed by atoms with Gasteiger partial charge in [0.1, 0.15) is 0 Å². The van der Waals surface area contributed by atoms with Crippen molar-refractivity contribution in [2.75, 3.05) is 31.1 Å². The molecule has 2 saturated heterocycles. The molecule has 1 N–H and O–H groups in total. The molecule has 3 heterocycles. The number of rotatable bonds is 2. The molecule has 1 aromatic carbocycles. The lowest BCUT2D eigenvalue weighted by Gasteiger charge is -2.33. The average molecular weight is 324 g/mol. The van der Waals surface area contributed by atoms with Crippen LogP contribution in [-0.2, 0) is 4.79 Å². The SMILES string of the molecule is O=C([C@H]1CC12CCN(c1nc3ccccc3[nH]1)CC2)N1CCCC1. The Morgan fingerprint density at radius 3 is 2.62 bits per heavy atom. The number of piperidine rings is 1. The van der Waals surface area contributed by atoms with Gasteiger partial charge in [0.2, 0.25) is 11.9 Å². The number of benzene rings is 1. The summed E-state index contributed by atoms with van der Waals surface area (Å²) >= 11 is 0. The fraction of sp³-hybridized carbons (Fsp3) is 0.579. The summed E-state index contributed by atoms with van der Waals surface area (Å²) in [4.78, 5) is 25.2. The van der Waals surface area contributed by atoms with Crippen LogP contribution in [0.15, 0.2) is 24.3 Å². The third kappa shape index (κ3) is 2.21. The van der Waals surface area contributed by atoms with E-state index in [1.165, 1.54) is 12.8 Å². The van der Waals surface area contributed by atoms with Crippen LogP contribution in [0.25, 0.3) is 11.0 Å². The van der Waals surface area contributed by atoms with Crippen LogP contribution >= 0.6 is 0 Å². The highest BCUT2D eigenvalue weighted by atomic mass is 16.2. The van der Waals surface area contributed by atoms with Gasteiger partial charge in [-0.05, 0) is 49.7 Å². The summed E-state index contributed by atoms with van der Waals surface area (Å²) in [5, 5.41) is 0. The molecule has 0 bridgehead atoms. The van der Waals surface area contributed by atoms with Crippen molar-refractivity contribution in [1.82, 2.24) is 14.9 Å². The molecule has 126 valence electrons. The molecule has 1 aliphatic carbocycles. The molecule has 0 radical (unpaired) electrons. The molecule has 3 fully saturated rings. The largest absolute Gasteiger partial charge is 0.342 e. The molecular weight excluding hydrogens is 300 g/mol. The van der Waals surface area contributed by atoms with Gasteiger partial charge in [0.15, 0.2) is 0 Å². The smallest absolute Gasteiger partial charge is 0.226 e. The summed E-state index contributed by atoms with van der Waals surface area (Å²) in [5.41, 5.74) is 2.42. The number of carbonyl (C=O) groups is 1. The lowest BCUT2D eigenvalue weighted by Crippen LogP contribution is -2.38. The molecular formula is C19H24N4O. The Kier molecular flexibility index (Phi) is 3.12. The van der Waals surface area contributed by atoms with E-state index in [0.717, 1.165) is 62.4 Å². The Labute approximate surface area is 142 Å². The molecule has 1 saturated carbocycles. The molecule has 2 aromatic rings. The van der Waals surface area contributed by atoms with E-state index in [1.54, 1.807) is 0 Å². The van der Waals surface area contributed by atoms with Crippen molar-refractivity contribution in [3.63, 3.8) is 0 Å². The zero-order valence-corrected chi connectivity index (χ0v) is 14.0. The average Bonchev–Trinajstić information content (AvgIpc) is 3.02. The molecule has 5 nitrogen and oxygen atoms in total. The Hall–Kier alpha value is -2.04. The molecule has 0 unspecified atom stereocenters. The van der Waals surface area contributed by atoms with E-state index in [-0.39, 0.29) is 0 Å². The van der Waals surface area contributed by atoms with Crippen LogP contribution in [0.2, 0.25) is 0 Å². The van der Waals surface area contributed by atoms with Gasteiger partial charge < -0.3 is 14.8 Å². The van der Waals surface area contributed by atoms with Crippen molar-refractivity contribution in [2.24, 2.45) is 11.3 Å². The molecule has 3 aliphatic rings. The van der Waals surface area contributed by atoms with Crippen molar-refractivity contribution in [1.29, 1.82) is 0 Å². The van der Waals surface area contributed by atoms with Crippen molar-refractivity contribution in [3.8, 4) is 0 Å². The third-order valence-electron chi connectivity index (χ3n) is 6.34. The topological polar surface area (TPSA) is 52.2 Å². The number of carbonyl (C=O) groups excluding carboxylic acids is 1. The number of fused-ring (bicyclic) bond motifs is 1. The van der Waals surface area contributed by atoms with E-state index in [1.807, 2.05) is 18.2 Å². The second-order valence-electron chi connectivity index (χ2n) is 7.72. The number of para-hydroxylation sites is 2. The van der Waals surface area contributed by atoms with Gasteiger partial charge in [-0.1, -0.05) is 12.1 Å². The molecule has 1 aromatic heterocycles. The number of nitrogens with zero attached hydrogens (tertiary/aromatic N) is 3. The van der Waals surface area contributed by atoms with Gasteiger partial charge in [-0.25, -0.2) is 4.98 Å². The fourth-order valence-corrected chi connectivity index (χ4v) is 4.66. The number of aromatic nitrogens is 2. The van der Waals surface area contributed by atoms with E-state index in [0.29, 0.717) is 17.2 Å². The van der Waals surface area contributed by atoms with E-state index in [2.05, 4.69) is 20.9 Å². The number of aromatic amines is 1. The van der Waals surface area contributed by atoms with Gasteiger partial charge in [0.25, 0.3) is 0 Å². The minimum atomic E-state index is 0.294. The van der Waals surface area contributed by atoms with Crippen LogP contribution in [0.1, 0.15) is 32.1 Å². The second-order valence-corrected chi connectivity index (χ2v) is 7.72. The molecule has 2 aliphatic heterocycles. The first-order chi connectivity index (χ1) is 11.8. The number of imidazole rings is 1. The first-order valence-corrected chi connectivity index (χ1v) is 9.24. The van der Waals surface area contributed by atoms with Crippen LogP contribution in [0, 0.1) is 11.3 Å². The summed E-state index contributed by atoms with van der Waals surface area (Å²) in [6.07, 6.45) is 5.72. The number of hydrogen-bond acceptors (Lipinski definition) is 3. The van der Waals surface area contributed by atoms with Crippen molar-refractivity contribution in [3.05, 3.63) is 24.3 Å².